The minimum Gasteiger partial charge on any atom is -0.465 e. The van der Waals surface area contributed by atoms with E-state index in [4.69, 9.17) is 9.47 Å². The average Bonchev–Trinajstić information content (AvgIpc) is 2.38. The van der Waals surface area contributed by atoms with Gasteiger partial charge in [-0.15, -0.1) is 0 Å². The maximum absolute atomic E-state index is 12.4. The van der Waals surface area contributed by atoms with Crippen molar-refractivity contribution >= 4 is 23.5 Å². The second-order valence-corrected chi connectivity index (χ2v) is 4.25. The second-order valence-electron chi connectivity index (χ2n) is 4.25. The maximum Gasteiger partial charge on any atom is 0.324 e. The molecule has 1 unspecified atom stereocenters. The fourth-order valence-corrected chi connectivity index (χ4v) is 1.75. The van der Waals surface area contributed by atoms with Gasteiger partial charge in [0.05, 0.1) is 12.2 Å². The molecule has 0 radical (unpaired) electrons. The summed E-state index contributed by atoms with van der Waals surface area (Å²) in [6.07, 6.45) is 0. The summed E-state index contributed by atoms with van der Waals surface area (Å²) in [7, 11) is 0. The Labute approximate surface area is 122 Å². The fourth-order valence-electron chi connectivity index (χ4n) is 1.75. The number of hydrogen-bond acceptors (Lipinski definition) is 6. The van der Waals surface area contributed by atoms with Gasteiger partial charge in [-0.1, -0.05) is 12.1 Å². The monoisotopic (exact) mass is 292 g/mol. The van der Waals surface area contributed by atoms with Crippen LogP contribution in [0.2, 0.25) is 0 Å². The zero-order chi connectivity index (χ0) is 16.0. The fraction of sp³-hybridized carbons (Fsp3) is 0.333. The molecule has 0 amide bonds. The number of ether oxygens (including phenoxy) is 2. The predicted octanol–water partition coefficient (Wildman–Crippen LogP) is 1.56. The van der Waals surface area contributed by atoms with E-state index >= 15 is 0 Å². The van der Waals surface area contributed by atoms with Crippen LogP contribution in [-0.2, 0) is 19.1 Å². The van der Waals surface area contributed by atoms with Crippen LogP contribution < -0.4 is 4.74 Å². The lowest BCUT2D eigenvalue weighted by atomic mass is 9.94. The third kappa shape index (κ3) is 4.24. The highest BCUT2D eigenvalue weighted by molar-refractivity contribution is 6.22. The van der Waals surface area contributed by atoms with E-state index in [9.17, 15) is 19.2 Å². The van der Waals surface area contributed by atoms with Crippen molar-refractivity contribution in [2.75, 3.05) is 6.61 Å². The second kappa shape index (κ2) is 7.33. The number of esters is 2. The first-order chi connectivity index (χ1) is 9.88. The van der Waals surface area contributed by atoms with E-state index in [0.29, 0.717) is 0 Å². The minimum absolute atomic E-state index is 0.00514. The Bertz CT molecular complexity index is 575. The molecule has 6 nitrogen and oxygen atoms in total. The van der Waals surface area contributed by atoms with Crippen molar-refractivity contribution in [3.8, 4) is 5.75 Å². The molecule has 0 aliphatic heterocycles. The van der Waals surface area contributed by atoms with Crippen LogP contribution in [0.4, 0.5) is 0 Å². The number of Topliss-reactive ketones (excluding diaryl/α,β-unsaturated/α-hetero) is 2. The van der Waals surface area contributed by atoms with Gasteiger partial charge in [0.25, 0.3) is 0 Å². The van der Waals surface area contributed by atoms with Crippen molar-refractivity contribution in [2.24, 2.45) is 5.92 Å². The molecule has 1 atom stereocenters. The van der Waals surface area contributed by atoms with Crippen LogP contribution in [0, 0.1) is 5.92 Å². The molecule has 0 saturated heterocycles. The third-order valence-electron chi connectivity index (χ3n) is 2.60. The van der Waals surface area contributed by atoms with Crippen molar-refractivity contribution in [1.29, 1.82) is 0 Å². The van der Waals surface area contributed by atoms with Gasteiger partial charge in [-0.3, -0.25) is 19.2 Å². The molecule has 112 valence electrons. The molecule has 0 saturated carbocycles. The van der Waals surface area contributed by atoms with Gasteiger partial charge >= 0.3 is 11.9 Å². The van der Waals surface area contributed by atoms with Gasteiger partial charge in [0, 0.05) is 6.92 Å². The molecular weight excluding hydrogens is 276 g/mol. The number of benzene rings is 1. The van der Waals surface area contributed by atoms with E-state index in [-0.39, 0.29) is 17.9 Å². The van der Waals surface area contributed by atoms with E-state index < -0.39 is 29.4 Å². The van der Waals surface area contributed by atoms with Crippen molar-refractivity contribution in [3.05, 3.63) is 29.8 Å². The molecule has 0 spiro atoms. The van der Waals surface area contributed by atoms with Crippen LogP contribution in [0.1, 0.15) is 31.1 Å². The molecule has 0 aliphatic carbocycles. The Kier molecular flexibility index (Phi) is 5.78. The van der Waals surface area contributed by atoms with Crippen molar-refractivity contribution < 1.29 is 28.7 Å². The number of para-hydroxylation sites is 1. The molecule has 0 aliphatic rings. The van der Waals surface area contributed by atoms with Crippen molar-refractivity contribution in [3.63, 3.8) is 0 Å². The molecular formula is C15H16O6. The van der Waals surface area contributed by atoms with Crippen molar-refractivity contribution in [2.45, 2.75) is 20.8 Å². The van der Waals surface area contributed by atoms with Crippen LogP contribution in [-0.4, -0.2) is 30.1 Å². The van der Waals surface area contributed by atoms with E-state index in [0.717, 1.165) is 6.92 Å². The molecule has 6 heteroatoms. The summed E-state index contributed by atoms with van der Waals surface area (Å²) in [5.74, 6) is -4.44. The molecule has 0 bridgehead atoms. The lowest BCUT2D eigenvalue weighted by Crippen LogP contribution is -2.32. The molecule has 0 heterocycles. The van der Waals surface area contributed by atoms with Gasteiger partial charge in [0.15, 0.2) is 17.5 Å². The van der Waals surface area contributed by atoms with Gasteiger partial charge in [-0.25, -0.2) is 0 Å². The normalized spacial score (nSPS) is 11.4. The summed E-state index contributed by atoms with van der Waals surface area (Å²) in [5, 5.41) is 0. The number of carbonyl (C=O) groups excluding carboxylic acids is 4. The molecule has 0 aromatic heterocycles. The molecule has 0 N–H and O–H groups in total. The zero-order valence-corrected chi connectivity index (χ0v) is 12.0. The van der Waals surface area contributed by atoms with Gasteiger partial charge in [-0.05, 0) is 26.0 Å². The van der Waals surface area contributed by atoms with Crippen LogP contribution in [0.15, 0.2) is 24.3 Å². The summed E-state index contributed by atoms with van der Waals surface area (Å²) < 4.78 is 9.65. The Balaban J connectivity index is 3.18. The molecule has 1 aromatic rings. The highest BCUT2D eigenvalue weighted by Crippen LogP contribution is 2.23. The predicted molar refractivity (Wildman–Crippen MR) is 72.9 cm³/mol. The Morgan fingerprint density at radius 1 is 1.10 bits per heavy atom. The van der Waals surface area contributed by atoms with Gasteiger partial charge < -0.3 is 9.47 Å². The largest absolute Gasteiger partial charge is 0.465 e. The third-order valence-corrected chi connectivity index (χ3v) is 2.60. The first-order valence-corrected chi connectivity index (χ1v) is 6.37. The Hall–Kier alpha value is -2.50. The number of ketones is 2. The van der Waals surface area contributed by atoms with Gasteiger partial charge in [0.2, 0.25) is 0 Å². The number of carbonyl (C=O) groups is 4. The summed E-state index contributed by atoms with van der Waals surface area (Å²) in [6, 6.07) is 5.91. The van der Waals surface area contributed by atoms with Crippen LogP contribution in [0.3, 0.4) is 0 Å². The SMILES string of the molecule is CCOC(=O)C(C(C)=O)C(=O)c1ccccc1OC(C)=O. The van der Waals surface area contributed by atoms with E-state index in [1.807, 2.05) is 0 Å². The van der Waals surface area contributed by atoms with E-state index in [1.54, 1.807) is 19.1 Å². The summed E-state index contributed by atoms with van der Waals surface area (Å²) in [6.45, 7) is 3.96. The molecule has 1 aromatic carbocycles. The van der Waals surface area contributed by atoms with E-state index in [1.165, 1.54) is 19.1 Å². The topological polar surface area (TPSA) is 86.7 Å². The Morgan fingerprint density at radius 2 is 1.71 bits per heavy atom. The molecule has 0 fully saturated rings. The number of rotatable bonds is 6. The van der Waals surface area contributed by atoms with Crippen LogP contribution in [0.25, 0.3) is 0 Å². The summed E-state index contributed by atoms with van der Waals surface area (Å²) in [5.41, 5.74) is -0.0130. The first-order valence-electron chi connectivity index (χ1n) is 6.37. The molecule has 1 rings (SSSR count). The van der Waals surface area contributed by atoms with Gasteiger partial charge in [0.1, 0.15) is 5.75 Å². The standard InChI is InChI=1S/C15H16O6/c1-4-20-15(19)13(9(2)16)14(18)11-7-5-6-8-12(11)21-10(3)17/h5-8,13H,4H2,1-3H3. The Morgan fingerprint density at radius 3 is 2.24 bits per heavy atom. The number of hydrogen-bond donors (Lipinski definition) is 0. The zero-order valence-electron chi connectivity index (χ0n) is 12.0. The lowest BCUT2D eigenvalue weighted by Gasteiger charge is -2.13. The quantitative estimate of drug-likeness (QED) is 0.342. The van der Waals surface area contributed by atoms with E-state index in [2.05, 4.69) is 0 Å². The van der Waals surface area contributed by atoms with Crippen molar-refractivity contribution in [1.82, 2.24) is 0 Å². The van der Waals surface area contributed by atoms with Gasteiger partial charge in [-0.2, -0.15) is 0 Å². The maximum atomic E-state index is 12.4. The minimum atomic E-state index is -1.55. The van der Waals surface area contributed by atoms with Crippen LogP contribution >= 0.6 is 0 Å². The molecule has 21 heavy (non-hydrogen) atoms. The highest BCUT2D eigenvalue weighted by Gasteiger charge is 2.34. The highest BCUT2D eigenvalue weighted by atomic mass is 16.5. The summed E-state index contributed by atoms with van der Waals surface area (Å²) >= 11 is 0. The lowest BCUT2D eigenvalue weighted by molar-refractivity contribution is -0.148. The summed E-state index contributed by atoms with van der Waals surface area (Å²) in [4.78, 5) is 46.8. The average molecular weight is 292 g/mol. The van der Waals surface area contributed by atoms with Crippen LogP contribution in [0.5, 0.6) is 5.75 Å². The first kappa shape index (κ1) is 16.6. The smallest absolute Gasteiger partial charge is 0.324 e.